The zero-order chi connectivity index (χ0) is 14.3. The Labute approximate surface area is 117 Å². The van der Waals surface area contributed by atoms with Crippen molar-refractivity contribution >= 4 is 5.96 Å². The van der Waals surface area contributed by atoms with E-state index < -0.39 is 0 Å². The number of likely N-dealkylation sites (tertiary alicyclic amines) is 1. The molecule has 0 aromatic rings. The molecule has 5 heteroatoms. The third kappa shape index (κ3) is 6.25. The number of nitrogens with one attached hydrogen (secondary N) is 2. The lowest BCUT2D eigenvalue weighted by molar-refractivity contribution is 0.0268. The van der Waals surface area contributed by atoms with Crippen molar-refractivity contribution in [2.24, 2.45) is 10.9 Å². The Hall–Kier alpha value is -0.810. The Balaban J connectivity index is 2.26. The monoisotopic (exact) mass is 270 g/mol. The average molecular weight is 270 g/mol. The van der Waals surface area contributed by atoms with Gasteiger partial charge < -0.3 is 20.3 Å². The van der Waals surface area contributed by atoms with Gasteiger partial charge in [-0.3, -0.25) is 4.99 Å². The molecule has 19 heavy (non-hydrogen) atoms. The molecule has 1 saturated heterocycles. The van der Waals surface area contributed by atoms with Gasteiger partial charge in [-0.05, 0) is 52.7 Å². The summed E-state index contributed by atoms with van der Waals surface area (Å²) >= 11 is 0. The summed E-state index contributed by atoms with van der Waals surface area (Å²) in [5, 5.41) is 6.73. The minimum atomic E-state index is -0.175. The van der Waals surface area contributed by atoms with Gasteiger partial charge in [0.1, 0.15) is 0 Å². The Kier molecular flexibility index (Phi) is 6.58. The van der Waals surface area contributed by atoms with Crippen LogP contribution in [-0.4, -0.2) is 63.8 Å². The van der Waals surface area contributed by atoms with Crippen LogP contribution < -0.4 is 10.6 Å². The predicted octanol–water partition coefficient (Wildman–Crippen LogP) is 0.918. The molecule has 0 aromatic carbocycles. The highest BCUT2D eigenvalue weighted by Gasteiger charge is 2.18. The molecule has 1 heterocycles. The maximum Gasteiger partial charge on any atom is 0.191 e. The van der Waals surface area contributed by atoms with Crippen LogP contribution in [-0.2, 0) is 4.74 Å². The van der Waals surface area contributed by atoms with E-state index in [-0.39, 0.29) is 5.60 Å². The van der Waals surface area contributed by atoms with Gasteiger partial charge in [0.05, 0.1) is 5.60 Å². The van der Waals surface area contributed by atoms with E-state index in [1.54, 1.807) is 7.11 Å². The molecule has 0 unspecified atom stereocenters. The molecule has 0 bridgehead atoms. The van der Waals surface area contributed by atoms with Crippen LogP contribution in [0.3, 0.4) is 0 Å². The maximum absolute atomic E-state index is 5.39. The Morgan fingerprint density at radius 3 is 2.47 bits per heavy atom. The summed E-state index contributed by atoms with van der Waals surface area (Å²) in [6, 6.07) is 0. The number of hydrogen-bond donors (Lipinski definition) is 2. The summed E-state index contributed by atoms with van der Waals surface area (Å²) in [5.74, 6) is 1.62. The van der Waals surface area contributed by atoms with Gasteiger partial charge in [-0.25, -0.2) is 0 Å². The second kappa shape index (κ2) is 7.70. The van der Waals surface area contributed by atoms with Crippen LogP contribution in [0.4, 0.5) is 0 Å². The molecule has 1 aliphatic rings. The standard InChI is InChI=1S/C14H30N4O/c1-14(2,19-5)11-17-13(15-3)16-10-12-6-8-18(4)9-7-12/h12H,6-11H2,1-5H3,(H2,15,16,17). The summed E-state index contributed by atoms with van der Waals surface area (Å²) in [6.45, 7) is 8.27. The first kappa shape index (κ1) is 16.2. The molecule has 1 fully saturated rings. The van der Waals surface area contributed by atoms with Gasteiger partial charge in [-0.1, -0.05) is 0 Å². The van der Waals surface area contributed by atoms with Gasteiger partial charge >= 0.3 is 0 Å². The molecule has 0 saturated carbocycles. The highest BCUT2D eigenvalue weighted by molar-refractivity contribution is 5.79. The number of piperidine rings is 1. The lowest BCUT2D eigenvalue weighted by atomic mass is 9.97. The fraction of sp³-hybridized carbons (Fsp3) is 0.929. The molecule has 1 aliphatic heterocycles. The van der Waals surface area contributed by atoms with Gasteiger partial charge in [-0.2, -0.15) is 0 Å². The first-order valence-corrected chi connectivity index (χ1v) is 7.15. The van der Waals surface area contributed by atoms with E-state index in [4.69, 9.17) is 4.74 Å². The molecule has 0 radical (unpaired) electrons. The Bertz CT molecular complexity index is 283. The van der Waals surface area contributed by atoms with Gasteiger partial charge in [0.2, 0.25) is 0 Å². The van der Waals surface area contributed by atoms with E-state index in [1.165, 1.54) is 25.9 Å². The summed E-state index contributed by atoms with van der Waals surface area (Å²) in [5.41, 5.74) is -0.175. The van der Waals surface area contributed by atoms with Crippen LogP contribution in [0.1, 0.15) is 26.7 Å². The minimum absolute atomic E-state index is 0.175. The molecule has 2 N–H and O–H groups in total. The fourth-order valence-corrected chi connectivity index (χ4v) is 2.10. The predicted molar refractivity (Wildman–Crippen MR) is 80.7 cm³/mol. The van der Waals surface area contributed by atoms with Gasteiger partial charge in [0.25, 0.3) is 0 Å². The van der Waals surface area contributed by atoms with E-state index in [9.17, 15) is 0 Å². The molecule has 0 atom stereocenters. The zero-order valence-corrected chi connectivity index (χ0v) is 13.1. The second-order valence-electron chi connectivity index (χ2n) is 6.02. The fourth-order valence-electron chi connectivity index (χ4n) is 2.10. The normalized spacial score (nSPS) is 19.5. The number of ether oxygens (including phenoxy) is 1. The second-order valence-corrected chi connectivity index (χ2v) is 6.02. The van der Waals surface area contributed by atoms with E-state index in [0.29, 0.717) is 0 Å². The number of rotatable bonds is 5. The zero-order valence-electron chi connectivity index (χ0n) is 13.1. The van der Waals surface area contributed by atoms with Crippen molar-refractivity contribution in [3.63, 3.8) is 0 Å². The maximum atomic E-state index is 5.39. The Morgan fingerprint density at radius 1 is 1.32 bits per heavy atom. The molecule has 112 valence electrons. The largest absolute Gasteiger partial charge is 0.377 e. The van der Waals surface area contributed by atoms with Crippen molar-refractivity contribution in [3.8, 4) is 0 Å². The van der Waals surface area contributed by atoms with Crippen LogP contribution in [0.15, 0.2) is 4.99 Å². The van der Waals surface area contributed by atoms with Gasteiger partial charge in [0, 0.05) is 27.2 Å². The summed E-state index contributed by atoms with van der Waals surface area (Å²) in [6.07, 6.45) is 2.54. The molecule has 1 rings (SSSR count). The van der Waals surface area contributed by atoms with Crippen LogP contribution in [0.2, 0.25) is 0 Å². The van der Waals surface area contributed by atoms with Crippen molar-refractivity contribution in [1.29, 1.82) is 0 Å². The molecular formula is C14H30N4O. The van der Waals surface area contributed by atoms with Gasteiger partial charge in [0.15, 0.2) is 5.96 Å². The van der Waals surface area contributed by atoms with Crippen molar-refractivity contribution in [2.75, 3.05) is 47.4 Å². The number of nitrogens with zero attached hydrogens (tertiary/aromatic N) is 2. The molecule has 0 spiro atoms. The van der Waals surface area contributed by atoms with E-state index in [1.807, 2.05) is 7.05 Å². The number of methoxy groups -OCH3 is 1. The number of aliphatic imine (C=N–C) groups is 1. The minimum Gasteiger partial charge on any atom is -0.377 e. The first-order chi connectivity index (χ1) is 8.96. The third-order valence-electron chi connectivity index (χ3n) is 3.85. The SMILES string of the molecule is CN=C(NCC1CCN(C)CC1)NCC(C)(C)OC. The van der Waals surface area contributed by atoms with Crippen molar-refractivity contribution < 1.29 is 4.74 Å². The van der Waals surface area contributed by atoms with Crippen molar-refractivity contribution in [3.05, 3.63) is 0 Å². The summed E-state index contributed by atoms with van der Waals surface area (Å²) in [4.78, 5) is 6.65. The summed E-state index contributed by atoms with van der Waals surface area (Å²) < 4.78 is 5.39. The van der Waals surface area contributed by atoms with E-state index in [0.717, 1.165) is 25.0 Å². The van der Waals surface area contributed by atoms with Crippen molar-refractivity contribution in [2.45, 2.75) is 32.3 Å². The van der Waals surface area contributed by atoms with E-state index in [2.05, 4.69) is 41.4 Å². The lowest BCUT2D eigenvalue weighted by Gasteiger charge is -2.30. The lowest BCUT2D eigenvalue weighted by Crippen LogP contribution is -2.47. The van der Waals surface area contributed by atoms with Crippen molar-refractivity contribution in [1.82, 2.24) is 15.5 Å². The molecule has 5 nitrogen and oxygen atoms in total. The first-order valence-electron chi connectivity index (χ1n) is 7.15. The summed E-state index contributed by atoms with van der Waals surface area (Å²) in [7, 11) is 5.73. The highest BCUT2D eigenvalue weighted by Crippen LogP contribution is 2.14. The molecule has 0 aliphatic carbocycles. The molecule has 0 aromatic heterocycles. The average Bonchev–Trinajstić information content (AvgIpc) is 2.41. The van der Waals surface area contributed by atoms with Gasteiger partial charge in [-0.15, -0.1) is 0 Å². The molecule has 0 amide bonds. The smallest absolute Gasteiger partial charge is 0.191 e. The quantitative estimate of drug-likeness (QED) is 0.576. The number of hydrogen-bond acceptors (Lipinski definition) is 3. The number of guanidine groups is 1. The van der Waals surface area contributed by atoms with Crippen LogP contribution in [0.25, 0.3) is 0 Å². The Morgan fingerprint density at radius 2 is 1.95 bits per heavy atom. The van der Waals surface area contributed by atoms with Crippen LogP contribution in [0.5, 0.6) is 0 Å². The molecular weight excluding hydrogens is 240 g/mol. The van der Waals surface area contributed by atoms with Crippen LogP contribution >= 0.6 is 0 Å². The van der Waals surface area contributed by atoms with E-state index >= 15 is 0 Å². The third-order valence-corrected chi connectivity index (χ3v) is 3.85. The highest BCUT2D eigenvalue weighted by atomic mass is 16.5. The topological polar surface area (TPSA) is 48.9 Å². The van der Waals surface area contributed by atoms with Crippen LogP contribution in [0, 0.1) is 5.92 Å².